The fraction of sp³-hybridized carbons (Fsp3) is 0.444. The second kappa shape index (κ2) is 9.91. The maximum absolute atomic E-state index is 10.2. The first-order chi connectivity index (χ1) is 17.7. The molecule has 1 N–H and O–H groups in total. The SMILES string of the molecule is CCN1CCN(c2cc(N3CCc4c(-c5cccc(O)c5)nc(N5CCOCC5)nc43)ccn2)CC1. The summed E-state index contributed by atoms with van der Waals surface area (Å²) in [6.45, 7) is 11.1. The van der Waals surface area contributed by atoms with E-state index in [0.717, 1.165) is 92.9 Å². The molecule has 9 heteroatoms. The van der Waals surface area contributed by atoms with E-state index in [2.05, 4.69) is 38.7 Å². The van der Waals surface area contributed by atoms with Gasteiger partial charge in [-0.2, -0.15) is 4.98 Å². The summed E-state index contributed by atoms with van der Waals surface area (Å²) in [5.74, 6) is 2.92. The van der Waals surface area contributed by atoms with Crippen molar-refractivity contribution < 1.29 is 9.84 Å². The smallest absolute Gasteiger partial charge is 0.228 e. The summed E-state index contributed by atoms with van der Waals surface area (Å²) in [5.41, 5.74) is 4.02. The van der Waals surface area contributed by atoms with E-state index in [1.54, 1.807) is 12.1 Å². The summed E-state index contributed by atoms with van der Waals surface area (Å²) in [7, 11) is 0. The van der Waals surface area contributed by atoms with Gasteiger partial charge in [0.2, 0.25) is 5.95 Å². The van der Waals surface area contributed by atoms with Crippen LogP contribution in [0.3, 0.4) is 0 Å². The molecule has 1 aromatic carbocycles. The Balaban J connectivity index is 1.37. The quantitative estimate of drug-likeness (QED) is 0.584. The molecule has 5 heterocycles. The molecule has 0 bridgehead atoms. The molecule has 3 aliphatic heterocycles. The Morgan fingerprint density at radius 1 is 0.917 bits per heavy atom. The molecule has 2 aromatic heterocycles. The van der Waals surface area contributed by atoms with E-state index in [1.807, 2.05) is 18.3 Å². The number of nitrogens with zero attached hydrogens (tertiary/aromatic N) is 7. The second-order valence-electron chi connectivity index (χ2n) is 9.52. The van der Waals surface area contributed by atoms with Gasteiger partial charge in [0.1, 0.15) is 17.4 Å². The minimum atomic E-state index is 0.240. The highest BCUT2D eigenvalue weighted by Gasteiger charge is 2.30. The molecule has 36 heavy (non-hydrogen) atoms. The van der Waals surface area contributed by atoms with Crippen LogP contribution in [0.1, 0.15) is 12.5 Å². The van der Waals surface area contributed by atoms with Crippen molar-refractivity contribution in [3.8, 4) is 17.0 Å². The van der Waals surface area contributed by atoms with Crippen molar-refractivity contribution in [2.75, 3.05) is 80.3 Å². The van der Waals surface area contributed by atoms with Gasteiger partial charge in [0, 0.05) is 74.9 Å². The van der Waals surface area contributed by atoms with Crippen LogP contribution in [-0.4, -0.2) is 90.5 Å². The summed E-state index contributed by atoms with van der Waals surface area (Å²) < 4.78 is 5.56. The van der Waals surface area contributed by atoms with Gasteiger partial charge in [-0.05, 0) is 31.2 Å². The average molecular weight is 488 g/mol. The third-order valence-electron chi connectivity index (χ3n) is 7.41. The van der Waals surface area contributed by atoms with Crippen LogP contribution in [0.25, 0.3) is 11.3 Å². The number of fused-ring (bicyclic) bond motifs is 1. The zero-order valence-corrected chi connectivity index (χ0v) is 20.8. The third kappa shape index (κ3) is 4.44. The number of rotatable bonds is 5. The van der Waals surface area contributed by atoms with Crippen molar-refractivity contribution in [2.24, 2.45) is 0 Å². The summed E-state index contributed by atoms with van der Waals surface area (Å²) >= 11 is 0. The normalized spacial score (nSPS) is 18.5. The minimum Gasteiger partial charge on any atom is -0.508 e. The van der Waals surface area contributed by atoms with Gasteiger partial charge in [-0.1, -0.05) is 19.1 Å². The van der Waals surface area contributed by atoms with Crippen LogP contribution in [0.4, 0.5) is 23.3 Å². The van der Waals surface area contributed by atoms with E-state index in [0.29, 0.717) is 19.2 Å². The molecular formula is C27H33N7O2. The molecule has 3 aliphatic rings. The standard InChI is InChI=1S/C27H33N7O2/c1-2-31-10-12-32(13-11-31)24-19-21(6-8-28-24)34-9-7-23-25(20-4-3-5-22(35)18-20)29-27(30-26(23)34)33-14-16-36-17-15-33/h3-6,8,18-19,35H,2,7,9-17H2,1H3. The van der Waals surface area contributed by atoms with Crippen LogP contribution in [0.2, 0.25) is 0 Å². The number of phenols is 1. The second-order valence-corrected chi connectivity index (χ2v) is 9.52. The maximum Gasteiger partial charge on any atom is 0.228 e. The number of pyridine rings is 1. The molecule has 0 spiro atoms. The Hall–Kier alpha value is -3.43. The molecule has 188 valence electrons. The first-order valence-corrected chi connectivity index (χ1v) is 12.9. The van der Waals surface area contributed by atoms with Gasteiger partial charge in [-0.3, -0.25) is 0 Å². The Bertz CT molecular complexity index is 1220. The number of phenolic OH excluding ortho intramolecular Hbond substituents is 1. The van der Waals surface area contributed by atoms with Gasteiger partial charge >= 0.3 is 0 Å². The predicted molar refractivity (Wildman–Crippen MR) is 141 cm³/mol. The number of anilines is 4. The molecule has 0 aliphatic carbocycles. The molecule has 0 unspecified atom stereocenters. The van der Waals surface area contributed by atoms with Crippen LogP contribution in [0, 0.1) is 0 Å². The molecule has 0 atom stereocenters. The molecule has 0 saturated carbocycles. The first kappa shape index (κ1) is 23.0. The van der Waals surface area contributed by atoms with Gasteiger partial charge < -0.3 is 29.4 Å². The lowest BCUT2D eigenvalue weighted by Crippen LogP contribution is -2.46. The number of aromatic nitrogens is 3. The summed E-state index contributed by atoms with van der Waals surface area (Å²) in [5, 5.41) is 10.2. The molecule has 9 nitrogen and oxygen atoms in total. The van der Waals surface area contributed by atoms with E-state index in [9.17, 15) is 5.11 Å². The number of hydrogen-bond donors (Lipinski definition) is 1. The highest BCUT2D eigenvalue weighted by molar-refractivity contribution is 5.78. The average Bonchev–Trinajstić information content (AvgIpc) is 3.37. The highest BCUT2D eigenvalue weighted by atomic mass is 16.5. The van der Waals surface area contributed by atoms with E-state index >= 15 is 0 Å². The largest absolute Gasteiger partial charge is 0.508 e. The van der Waals surface area contributed by atoms with Crippen LogP contribution in [0.15, 0.2) is 42.6 Å². The first-order valence-electron chi connectivity index (χ1n) is 12.9. The van der Waals surface area contributed by atoms with Crippen molar-refractivity contribution in [1.29, 1.82) is 0 Å². The van der Waals surface area contributed by atoms with Gasteiger partial charge in [-0.25, -0.2) is 9.97 Å². The Morgan fingerprint density at radius 2 is 1.75 bits per heavy atom. The van der Waals surface area contributed by atoms with Crippen molar-refractivity contribution >= 4 is 23.3 Å². The fourth-order valence-electron chi connectivity index (χ4n) is 5.33. The Morgan fingerprint density at radius 3 is 2.53 bits per heavy atom. The molecular weight excluding hydrogens is 454 g/mol. The number of piperazine rings is 1. The van der Waals surface area contributed by atoms with Gasteiger partial charge in [0.05, 0.1) is 18.9 Å². The van der Waals surface area contributed by atoms with Gasteiger partial charge in [-0.15, -0.1) is 0 Å². The van der Waals surface area contributed by atoms with Gasteiger partial charge in [0.15, 0.2) is 0 Å². The number of benzene rings is 1. The Kier molecular flexibility index (Phi) is 6.33. The lowest BCUT2D eigenvalue weighted by atomic mass is 10.1. The van der Waals surface area contributed by atoms with E-state index in [1.165, 1.54) is 0 Å². The molecule has 0 amide bonds. The monoisotopic (exact) mass is 487 g/mol. The van der Waals surface area contributed by atoms with E-state index in [4.69, 9.17) is 19.7 Å². The zero-order chi connectivity index (χ0) is 24.5. The summed E-state index contributed by atoms with van der Waals surface area (Å²) in [6, 6.07) is 11.6. The summed E-state index contributed by atoms with van der Waals surface area (Å²) in [6.07, 6.45) is 2.76. The Labute approximate surface area is 212 Å². The molecule has 2 fully saturated rings. The predicted octanol–water partition coefficient (Wildman–Crippen LogP) is 2.92. The zero-order valence-electron chi connectivity index (χ0n) is 20.8. The lowest BCUT2D eigenvalue weighted by Gasteiger charge is -2.35. The molecule has 6 rings (SSSR count). The van der Waals surface area contributed by atoms with Gasteiger partial charge in [0.25, 0.3) is 0 Å². The number of likely N-dealkylation sites (N-methyl/N-ethyl adjacent to an activating group) is 1. The molecule has 0 radical (unpaired) electrons. The third-order valence-corrected chi connectivity index (χ3v) is 7.41. The number of aromatic hydroxyl groups is 1. The number of morpholine rings is 1. The molecule has 3 aromatic rings. The van der Waals surface area contributed by atoms with Crippen LogP contribution in [-0.2, 0) is 11.2 Å². The van der Waals surface area contributed by atoms with Crippen LogP contribution in [0.5, 0.6) is 5.75 Å². The topological polar surface area (TPSA) is 81.1 Å². The number of ether oxygens (including phenoxy) is 1. The fourth-order valence-corrected chi connectivity index (χ4v) is 5.33. The highest BCUT2D eigenvalue weighted by Crippen LogP contribution is 2.40. The van der Waals surface area contributed by atoms with E-state index < -0.39 is 0 Å². The summed E-state index contributed by atoms with van der Waals surface area (Å²) in [4.78, 5) is 24.1. The number of hydrogen-bond acceptors (Lipinski definition) is 9. The van der Waals surface area contributed by atoms with Crippen molar-refractivity contribution in [1.82, 2.24) is 19.9 Å². The van der Waals surface area contributed by atoms with Crippen molar-refractivity contribution in [3.63, 3.8) is 0 Å². The maximum atomic E-state index is 10.2. The minimum absolute atomic E-state index is 0.240. The van der Waals surface area contributed by atoms with Crippen LogP contribution < -0.4 is 14.7 Å². The van der Waals surface area contributed by atoms with Crippen molar-refractivity contribution in [3.05, 3.63) is 48.2 Å². The van der Waals surface area contributed by atoms with E-state index in [-0.39, 0.29) is 5.75 Å². The van der Waals surface area contributed by atoms with Crippen LogP contribution >= 0.6 is 0 Å². The molecule has 2 saturated heterocycles. The van der Waals surface area contributed by atoms with Crippen molar-refractivity contribution in [2.45, 2.75) is 13.3 Å². The lowest BCUT2D eigenvalue weighted by molar-refractivity contribution is 0.122.